The third kappa shape index (κ3) is 1.73. The number of halogens is 1. The molecule has 0 spiro atoms. The molecule has 1 aliphatic carbocycles. The first-order valence-corrected chi connectivity index (χ1v) is 7.26. The molecular weight excluding hydrogens is 279 g/mol. The second-order valence-electron chi connectivity index (χ2n) is 5.82. The predicted octanol–water partition coefficient (Wildman–Crippen LogP) is 3.86. The Balaban J connectivity index is 2.23. The summed E-state index contributed by atoms with van der Waals surface area (Å²) in [5.74, 6) is -0.478. The molecule has 0 fully saturated rings. The maximum atomic E-state index is 14.6. The summed E-state index contributed by atoms with van der Waals surface area (Å²) in [4.78, 5) is 0. The molecule has 0 radical (unpaired) electrons. The van der Waals surface area contributed by atoms with Crippen molar-refractivity contribution in [3.05, 3.63) is 65.0 Å². The quantitative estimate of drug-likeness (QED) is 0.618. The van der Waals surface area contributed by atoms with E-state index in [4.69, 9.17) is 0 Å². The highest BCUT2D eigenvalue weighted by atomic mass is 19.1. The molecule has 2 atom stereocenters. The zero-order chi connectivity index (χ0) is 15.4. The smallest absolute Gasteiger partial charge is 0.130 e. The van der Waals surface area contributed by atoms with Gasteiger partial charge in [0.2, 0.25) is 0 Å². The lowest BCUT2D eigenvalue weighted by atomic mass is 9.85. The summed E-state index contributed by atoms with van der Waals surface area (Å²) in [5, 5.41) is 23.7. The van der Waals surface area contributed by atoms with Crippen molar-refractivity contribution >= 4 is 27.6 Å². The molecule has 0 saturated heterocycles. The van der Waals surface area contributed by atoms with Crippen LogP contribution < -0.4 is 0 Å². The Morgan fingerprint density at radius 1 is 1.05 bits per heavy atom. The highest BCUT2D eigenvalue weighted by Crippen LogP contribution is 2.39. The lowest BCUT2D eigenvalue weighted by Gasteiger charge is -2.24. The Bertz CT molecular complexity index is 943. The molecule has 110 valence electrons. The van der Waals surface area contributed by atoms with Gasteiger partial charge in [0.25, 0.3) is 0 Å². The average Bonchev–Trinajstić information content (AvgIpc) is 2.50. The van der Waals surface area contributed by atoms with Crippen molar-refractivity contribution < 1.29 is 14.6 Å². The van der Waals surface area contributed by atoms with Crippen molar-refractivity contribution in [3.63, 3.8) is 0 Å². The van der Waals surface area contributed by atoms with Gasteiger partial charge in [0.1, 0.15) is 18.0 Å². The molecule has 0 aromatic heterocycles. The molecular formula is C19H15FO2. The minimum Gasteiger partial charge on any atom is -0.386 e. The van der Waals surface area contributed by atoms with Crippen LogP contribution in [0.1, 0.15) is 22.8 Å². The summed E-state index contributed by atoms with van der Waals surface area (Å²) in [6, 6.07) is 11.4. The standard InChI is InChI=1S/C19H15FO2/c1-10-8-11-4-2-3-5-12(11)14-9-15(20)18-13(17(10)14)6-7-16(21)19(18)22/h2-9,16,19,21-22H,1H3/t16-,19+/m1/s1. The molecule has 0 saturated carbocycles. The van der Waals surface area contributed by atoms with Gasteiger partial charge >= 0.3 is 0 Å². The van der Waals surface area contributed by atoms with E-state index in [9.17, 15) is 14.6 Å². The number of fused-ring (bicyclic) bond motifs is 5. The summed E-state index contributed by atoms with van der Waals surface area (Å²) in [5.41, 5.74) is 1.87. The number of hydrogen-bond donors (Lipinski definition) is 2. The number of benzene rings is 3. The van der Waals surface area contributed by atoms with Crippen LogP contribution >= 0.6 is 0 Å². The van der Waals surface area contributed by atoms with Crippen molar-refractivity contribution in [1.29, 1.82) is 0 Å². The number of rotatable bonds is 0. The zero-order valence-corrected chi connectivity index (χ0v) is 12.0. The Kier molecular flexibility index (Phi) is 2.83. The van der Waals surface area contributed by atoms with Gasteiger partial charge in [0, 0.05) is 5.56 Å². The van der Waals surface area contributed by atoms with E-state index in [1.807, 2.05) is 31.2 Å². The van der Waals surface area contributed by atoms with Crippen molar-refractivity contribution in [2.45, 2.75) is 19.1 Å². The van der Waals surface area contributed by atoms with Crippen molar-refractivity contribution in [1.82, 2.24) is 0 Å². The summed E-state index contributed by atoms with van der Waals surface area (Å²) >= 11 is 0. The Hall–Kier alpha value is -2.23. The van der Waals surface area contributed by atoms with Crippen LogP contribution in [0.5, 0.6) is 0 Å². The van der Waals surface area contributed by atoms with Crippen LogP contribution in [0, 0.1) is 12.7 Å². The highest BCUT2D eigenvalue weighted by Gasteiger charge is 2.28. The second-order valence-corrected chi connectivity index (χ2v) is 5.82. The fourth-order valence-electron chi connectivity index (χ4n) is 3.44. The van der Waals surface area contributed by atoms with E-state index in [1.54, 1.807) is 6.08 Å². The molecule has 0 unspecified atom stereocenters. The normalized spacial score (nSPS) is 20.5. The lowest BCUT2D eigenvalue weighted by molar-refractivity contribution is 0.0446. The maximum Gasteiger partial charge on any atom is 0.130 e. The van der Waals surface area contributed by atoms with Crippen LogP contribution in [0.3, 0.4) is 0 Å². The molecule has 1 aliphatic rings. The highest BCUT2D eigenvalue weighted by molar-refractivity contribution is 6.12. The third-order valence-electron chi connectivity index (χ3n) is 4.45. The average molecular weight is 294 g/mol. The SMILES string of the molecule is Cc1cc2ccccc2c2cc(F)c3c(c12)C=C[C@@H](O)[C@@H]3O. The van der Waals surface area contributed by atoms with Gasteiger partial charge in [-0.2, -0.15) is 0 Å². The first-order chi connectivity index (χ1) is 10.6. The van der Waals surface area contributed by atoms with Crippen molar-refractivity contribution in [3.8, 4) is 0 Å². The molecule has 0 amide bonds. The molecule has 3 aromatic carbocycles. The molecule has 2 N–H and O–H groups in total. The van der Waals surface area contributed by atoms with Crippen LogP contribution in [-0.2, 0) is 0 Å². The van der Waals surface area contributed by atoms with Crippen LogP contribution in [0.15, 0.2) is 42.5 Å². The van der Waals surface area contributed by atoms with Gasteiger partial charge in [-0.25, -0.2) is 4.39 Å². The van der Waals surface area contributed by atoms with Gasteiger partial charge in [-0.05, 0) is 45.7 Å². The van der Waals surface area contributed by atoms with Gasteiger partial charge in [-0.1, -0.05) is 42.5 Å². The van der Waals surface area contributed by atoms with Gasteiger partial charge in [-0.15, -0.1) is 0 Å². The van der Waals surface area contributed by atoms with Crippen LogP contribution in [-0.4, -0.2) is 16.3 Å². The molecule has 4 rings (SSSR count). The predicted molar refractivity (Wildman–Crippen MR) is 86.1 cm³/mol. The number of aliphatic hydroxyl groups is 2. The molecule has 0 aliphatic heterocycles. The van der Waals surface area contributed by atoms with E-state index in [0.29, 0.717) is 5.56 Å². The molecule has 0 bridgehead atoms. The summed E-state index contributed by atoms with van der Waals surface area (Å²) < 4.78 is 14.6. The maximum absolute atomic E-state index is 14.6. The van der Waals surface area contributed by atoms with Crippen molar-refractivity contribution in [2.75, 3.05) is 0 Å². The Morgan fingerprint density at radius 2 is 1.82 bits per heavy atom. The monoisotopic (exact) mass is 294 g/mol. The van der Waals surface area contributed by atoms with Crippen molar-refractivity contribution in [2.24, 2.45) is 0 Å². The Morgan fingerprint density at radius 3 is 2.64 bits per heavy atom. The molecule has 3 aromatic rings. The van der Waals surface area contributed by atoms with E-state index >= 15 is 0 Å². The minimum atomic E-state index is -1.23. The van der Waals surface area contributed by atoms with Gasteiger partial charge in [0.15, 0.2) is 0 Å². The van der Waals surface area contributed by atoms with Gasteiger partial charge in [-0.3, -0.25) is 0 Å². The molecule has 2 nitrogen and oxygen atoms in total. The van der Waals surface area contributed by atoms with E-state index in [0.717, 1.165) is 27.1 Å². The van der Waals surface area contributed by atoms with E-state index < -0.39 is 18.0 Å². The third-order valence-corrected chi connectivity index (χ3v) is 4.45. The summed E-state index contributed by atoms with van der Waals surface area (Å²) in [7, 11) is 0. The molecule has 0 heterocycles. The van der Waals surface area contributed by atoms with E-state index in [-0.39, 0.29) is 5.56 Å². The largest absolute Gasteiger partial charge is 0.386 e. The lowest BCUT2D eigenvalue weighted by Crippen LogP contribution is -2.21. The topological polar surface area (TPSA) is 40.5 Å². The fourth-order valence-corrected chi connectivity index (χ4v) is 3.44. The molecule has 3 heteroatoms. The number of aryl methyl sites for hydroxylation is 1. The summed E-state index contributed by atoms with van der Waals surface area (Å²) in [6.07, 6.45) is 0.927. The minimum absolute atomic E-state index is 0.181. The zero-order valence-electron chi connectivity index (χ0n) is 12.0. The molecule has 22 heavy (non-hydrogen) atoms. The van der Waals surface area contributed by atoms with E-state index in [2.05, 4.69) is 6.07 Å². The van der Waals surface area contributed by atoms with Crippen LogP contribution in [0.2, 0.25) is 0 Å². The van der Waals surface area contributed by atoms with Gasteiger partial charge < -0.3 is 10.2 Å². The van der Waals surface area contributed by atoms with Crippen LogP contribution in [0.25, 0.3) is 27.6 Å². The first-order valence-electron chi connectivity index (χ1n) is 7.26. The first kappa shape index (κ1) is 13.4. The van der Waals surface area contributed by atoms with Crippen LogP contribution in [0.4, 0.5) is 4.39 Å². The number of aliphatic hydroxyl groups excluding tert-OH is 2. The Labute approximate surface area is 127 Å². The second kappa shape index (κ2) is 4.63. The van der Waals surface area contributed by atoms with Gasteiger partial charge in [0.05, 0.1) is 0 Å². The number of hydrogen-bond acceptors (Lipinski definition) is 2. The summed E-state index contributed by atoms with van der Waals surface area (Å²) in [6.45, 7) is 1.98. The van der Waals surface area contributed by atoms with E-state index in [1.165, 1.54) is 12.1 Å². The fraction of sp³-hybridized carbons (Fsp3) is 0.158.